The predicted octanol–water partition coefficient (Wildman–Crippen LogP) is 7.76. The molecule has 0 bridgehead atoms. The normalized spacial score (nSPS) is 14.0. The SMILES string of the molecule is CCC(=O)N(CC(C)C)c1ccc(OC(F)(F)F)cc1CN(C)C(C)C(OC=O)c1cc(C(F)(F)F)cc(C(F)(F)F)c1. The van der Waals surface area contributed by atoms with Crippen LogP contribution in [-0.4, -0.2) is 43.3 Å². The van der Waals surface area contributed by atoms with E-state index in [1.807, 2.05) is 13.8 Å². The van der Waals surface area contributed by atoms with Crippen LogP contribution in [0.3, 0.4) is 0 Å². The van der Waals surface area contributed by atoms with Gasteiger partial charge in [-0.2, -0.15) is 26.3 Å². The lowest BCUT2D eigenvalue weighted by molar-refractivity contribution is -0.274. The van der Waals surface area contributed by atoms with Crippen LogP contribution >= 0.6 is 0 Å². The van der Waals surface area contributed by atoms with Crippen LogP contribution < -0.4 is 9.64 Å². The summed E-state index contributed by atoms with van der Waals surface area (Å²) >= 11 is 0. The Labute approximate surface area is 242 Å². The second kappa shape index (κ2) is 13.9. The van der Waals surface area contributed by atoms with Crippen LogP contribution in [0.15, 0.2) is 36.4 Å². The van der Waals surface area contributed by atoms with E-state index in [2.05, 4.69) is 4.74 Å². The highest BCUT2D eigenvalue weighted by Gasteiger charge is 2.39. The molecule has 0 heterocycles. The summed E-state index contributed by atoms with van der Waals surface area (Å²) < 4.78 is 129. The Bertz CT molecular complexity index is 1230. The van der Waals surface area contributed by atoms with Crippen molar-refractivity contribution in [1.82, 2.24) is 4.90 Å². The molecule has 2 atom stereocenters. The van der Waals surface area contributed by atoms with Gasteiger partial charge in [0.25, 0.3) is 6.47 Å². The number of carbonyl (C=O) groups is 2. The van der Waals surface area contributed by atoms with Crippen LogP contribution in [0.4, 0.5) is 45.2 Å². The molecule has 0 fully saturated rings. The van der Waals surface area contributed by atoms with Crippen molar-refractivity contribution < 1.29 is 58.6 Å². The number of hydrogen-bond donors (Lipinski definition) is 0. The lowest BCUT2D eigenvalue weighted by atomic mass is 9.96. The van der Waals surface area contributed by atoms with Gasteiger partial charge in [0.2, 0.25) is 5.91 Å². The van der Waals surface area contributed by atoms with Gasteiger partial charge in [-0.1, -0.05) is 20.8 Å². The van der Waals surface area contributed by atoms with Crippen LogP contribution in [0.1, 0.15) is 62.5 Å². The minimum Gasteiger partial charge on any atom is -0.458 e. The van der Waals surface area contributed by atoms with E-state index in [0.29, 0.717) is 12.1 Å². The largest absolute Gasteiger partial charge is 0.573 e. The van der Waals surface area contributed by atoms with Gasteiger partial charge in [0.1, 0.15) is 11.9 Å². The maximum absolute atomic E-state index is 13.5. The molecule has 2 unspecified atom stereocenters. The van der Waals surface area contributed by atoms with Crippen molar-refractivity contribution in [1.29, 1.82) is 0 Å². The molecular weight excluding hydrogens is 599 g/mol. The second-order valence-corrected chi connectivity index (χ2v) is 10.2. The average Bonchev–Trinajstić information content (AvgIpc) is 2.87. The average molecular weight is 631 g/mol. The fourth-order valence-electron chi connectivity index (χ4n) is 4.36. The third kappa shape index (κ3) is 10.0. The van der Waals surface area contributed by atoms with Crippen LogP contribution in [0.2, 0.25) is 0 Å². The lowest BCUT2D eigenvalue weighted by Crippen LogP contribution is -2.37. The van der Waals surface area contributed by atoms with E-state index in [0.717, 1.165) is 12.1 Å². The van der Waals surface area contributed by atoms with Gasteiger partial charge in [0, 0.05) is 31.2 Å². The Morgan fingerprint density at radius 1 is 0.907 bits per heavy atom. The highest BCUT2D eigenvalue weighted by Crippen LogP contribution is 2.39. The minimum atomic E-state index is -5.16. The Morgan fingerprint density at radius 3 is 1.91 bits per heavy atom. The van der Waals surface area contributed by atoms with Gasteiger partial charge >= 0.3 is 18.7 Å². The maximum Gasteiger partial charge on any atom is 0.573 e. The topological polar surface area (TPSA) is 59.1 Å². The first-order valence-electron chi connectivity index (χ1n) is 13.0. The molecule has 2 rings (SSSR count). The second-order valence-electron chi connectivity index (χ2n) is 10.2. The van der Waals surface area contributed by atoms with Crippen molar-refractivity contribution in [3.8, 4) is 5.75 Å². The summed E-state index contributed by atoms with van der Waals surface area (Å²) in [6, 6.07) is 2.99. The summed E-state index contributed by atoms with van der Waals surface area (Å²) in [5, 5.41) is 0. The number of rotatable bonds is 12. The van der Waals surface area contributed by atoms with E-state index in [1.165, 1.54) is 29.8 Å². The van der Waals surface area contributed by atoms with Crippen molar-refractivity contribution >= 4 is 18.1 Å². The van der Waals surface area contributed by atoms with Gasteiger partial charge in [0.05, 0.1) is 11.1 Å². The fraction of sp³-hybridized carbons (Fsp3) is 0.500. The molecule has 240 valence electrons. The number of ether oxygens (including phenoxy) is 2. The number of halogens is 9. The van der Waals surface area contributed by atoms with E-state index in [4.69, 9.17) is 4.74 Å². The first kappa shape index (κ1) is 35.7. The van der Waals surface area contributed by atoms with Crippen LogP contribution in [-0.2, 0) is 33.2 Å². The Hall–Kier alpha value is -3.49. The number of carbonyl (C=O) groups excluding carboxylic acids is 2. The van der Waals surface area contributed by atoms with Crippen molar-refractivity contribution in [3.05, 3.63) is 58.7 Å². The molecule has 2 aromatic carbocycles. The molecule has 0 radical (unpaired) electrons. The molecular formula is C28H31F9N2O4. The molecule has 15 heteroatoms. The molecule has 43 heavy (non-hydrogen) atoms. The van der Waals surface area contributed by atoms with Crippen LogP contribution in [0.5, 0.6) is 5.75 Å². The predicted molar refractivity (Wildman–Crippen MR) is 138 cm³/mol. The van der Waals surface area contributed by atoms with Gasteiger partial charge in [-0.05, 0) is 67.4 Å². The first-order valence-corrected chi connectivity index (χ1v) is 13.0. The molecule has 1 amide bonds. The summed E-state index contributed by atoms with van der Waals surface area (Å²) in [4.78, 5) is 26.8. The van der Waals surface area contributed by atoms with Crippen molar-refractivity contribution in [3.63, 3.8) is 0 Å². The standard InChI is InChI=1S/C28H31F9N2O4/c1-6-24(41)39(13-16(2)3)23-8-7-22(43-28(35,36)37)11-19(23)14-38(5)17(4)25(42-15-40)18-9-20(26(29,30)31)12-21(10-18)27(32,33)34/h7-12,15-17,25H,6,13-14H2,1-5H3. The summed E-state index contributed by atoms with van der Waals surface area (Å²) in [6.45, 7) is 6.36. The molecule has 0 aromatic heterocycles. The smallest absolute Gasteiger partial charge is 0.458 e. The number of hydrogen-bond acceptors (Lipinski definition) is 5. The maximum atomic E-state index is 13.5. The highest BCUT2D eigenvalue weighted by atomic mass is 19.4. The number of anilines is 1. The third-order valence-electron chi connectivity index (χ3n) is 6.42. The van der Waals surface area contributed by atoms with Crippen molar-refractivity contribution in [2.75, 3.05) is 18.5 Å². The number of benzene rings is 2. The third-order valence-corrected chi connectivity index (χ3v) is 6.42. The number of alkyl halides is 9. The van der Waals surface area contributed by atoms with Crippen molar-refractivity contribution in [2.45, 2.75) is 71.5 Å². The molecule has 0 N–H and O–H groups in total. The molecule has 0 spiro atoms. The van der Waals surface area contributed by atoms with E-state index in [1.54, 1.807) is 6.92 Å². The van der Waals surface area contributed by atoms with Gasteiger partial charge in [0.15, 0.2) is 0 Å². The zero-order chi connectivity index (χ0) is 32.9. The first-order chi connectivity index (χ1) is 19.7. The molecule has 0 saturated heterocycles. The lowest BCUT2D eigenvalue weighted by Gasteiger charge is -2.33. The minimum absolute atomic E-state index is 0.0554. The zero-order valence-electron chi connectivity index (χ0n) is 23.8. The summed E-state index contributed by atoms with van der Waals surface area (Å²) in [5.41, 5.74) is -3.49. The molecule has 0 aliphatic carbocycles. The molecule has 2 aromatic rings. The number of likely N-dealkylation sites (N-methyl/N-ethyl adjacent to an activating group) is 1. The van der Waals surface area contributed by atoms with Gasteiger partial charge < -0.3 is 14.4 Å². The Morgan fingerprint density at radius 2 is 1.47 bits per heavy atom. The Kier molecular flexibility index (Phi) is 11.5. The van der Waals surface area contributed by atoms with E-state index in [9.17, 15) is 49.1 Å². The number of amides is 1. The van der Waals surface area contributed by atoms with Crippen LogP contribution in [0.25, 0.3) is 0 Å². The van der Waals surface area contributed by atoms with Crippen LogP contribution in [0, 0.1) is 5.92 Å². The molecule has 0 aliphatic rings. The quantitative estimate of drug-likeness (QED) is 0.177. The van der Waals surface area contributed by atoms with Gasteiger partial charge in [-0.3, -0.25) is 14.5 Å². The van der Waals surface area contributed by atoms with E-state index < -0.39 is 53.3 Å². The summed E-state index contributed by atoms with van der Waals surface area (Å²) in [7, 11) is 1.37. The fourth-order valence-corrected chi connectivity index (χ4v) is 4.36. The zero-order valence-corrected chi connectivity index (χ0v) is 23.8. The van der Waals surface area contributed by atoms with Gasteiger partial charge in [-0.15, -0.1) is 13.2 Å². The van der Waals surface area contributed by atoms with E-state index in [-0.39, 0.29) is 55.1 Å². The Balaban J connectivity index is 2.62. The molecule has 0 saturated carbocycles. The summed E-state index contributed by atoms with van der Waals surface area (Å²) in [6.07, 6.45) is -17.0. The van der Waals surface area contributed by atoms with E-state index >= 15 is 0 Å². The molecule has 0 aliphatic heterocycles. The molecule has 6 nitrogen and oxygen atoms in total. The monoisotopic (exact) mass is 630 g/mol. The van der Waals surface area contributed by atoms with Crippen molar-refractivity contribution in [2.24, 2.45) is 5.92 Å². The summed E-state index contributed by atoms with van der Waals surface area (Å²) in [5.74, 6) is -1.02. The van der Waals surface area contributed by atoms with Gasteiger partial charge in [-0.25, -0.2) is 0 Å². The number of nitrogens with zero attached hydrogens (tertiary/aromatic N) is 2. The highest BCUT2D eigenvalue weighted by molar-refractivity contribution is 5.94.